The number of amides is 1. The molecule has 126 valence electrons. The molecule has 2 rings (SSSR count). The van der Waals surface area contributed by atoms with Crippen LogP contribution >= 0.6 is 0 Å². The summed E-state index contributed by atoms with van der Waals surface area (Å²) in [6.07, 6.45) is 3.30. The Morgan fingerprint density at radius 2 is 1.70 bits per heavy atom. The molecule has 4 nitrogen and oxygen atoms in total. The summed E-state index contributed by atoms with van der Waals surface area (Å²) in [6, 6.07) is 7.28. The van der Waals surface area contributed by atoms with Crippen LogP contribution in [0.4, 0.5) is 0 Å². The lowest BCUT2D eigenvalue weighted by molar-refractivity contribution is -0.137. The number of hydrogen-bond donors (Lipinski definition) is 0. The van der Waals surface area contributed by atoms with Gasteiger partial charge in [0.2, 0.25) is 5.91 Å². The summed E-state index contributed by atoms with van der Waals surface area (Å²) < 4.78 is 5.12. The van der Waals surface area contributed by atoms with Crippen LogP contribution in [0.1, 0.15) is 49.9 Å². The van der Waals surface area contributed by atoms with Gasteiger partial charge in [0.15, 0.2) is 5.78 Å². The van der Waals surface area contributed by atoms with Gasteiger partial charge in [-0.15, -0.1) is 0 Å². The van der Waals surface area contributed by atoms with E-state index < -0.39 is 0 Å². The van der Waals surface area contributed by atoms with Crippen molar-refractivity contribution >= 4 is 11.7 Å². The van der Waals surface area contributed by atoms with E-state index in [0.717, 1.165) is 37.0 Å². The van der Waals surface area contributed by atoms with Gasteiger partial charge >= 0.3 is 0 Å². The summed E-state index contributed by atoms with van der Waals surface area (Å²) in [6.45, 7) is 5.52. The normalized spacial score (nSPS) is 15.7. The highest BCUT2D eigenvalue weighted by molar-refractivity contribution is 5.98. The molecule has 0 atom stereocenters. The van der Waals surface area contributed by atoms with Crippen molar-refractivity contribution in [2.45, 2.75) is 39.5 Å². The number of carbonyl (C=O) groups excluding carboxylic acids is 2. The summed E-state index contributed by atoms with van der Waals surface area (Å²) >= 11 is 0. The number of rotatable bonds is 6. The van der Waals surface area contributed by atoms with E-state index in [1.54, 1.807) is 7.11 Å². The average molecular weight is 317 g/mol. The van der Waals surface area contributed by atoms with Crippen LogP contribution in [-0.2, 0) is 4.79 Å². The van der Waals surface area contributed by atoms with Gasteiger partial charge in [-0.2, -0.15) is 0 Å². The molecule has 0 aromatic heterocycles. The van der Waals surface area contributed by atoms with Crippen molar-refractivity contribution < 1.29 is 14.3 Å². The van der Waals surface area contributed by atoms with Crippen LogP contribution in [0.5, 0.6) is 5.75 Å². The molecule has 0 saturated carbocycles. The summed E-state index contributed by atoms with van der Waals surface area (Å²) in [5.74, 6) is 1.35. The third kappa shape index (κ3) is 4.12. The van der Waals surface area contributed by atoms with Crippen LogP contribution in [0.3, 0.4) is 0 Å². The van der Waals surface area contributed by atoms with E-state index in [1.165, 1.54) is 0 Å². The van der Waals surface area contributed by atoms with Crippen LogP contribution in [0.25, 0.3) is 0 Å². The first-order valence-corrected chi connectivity index (χ1v) is 8.57. The molecule has 1 heterocycles. The van der Waals surface area contributed by atoms with Gasteiger partial charge < -0.3 is 9.64 Å². The number of likely N-dealkylation sites (tertiary alicyclic amines) is 1. The first-order chi connectivity index (χ1) is 11.1. The van der Waals surface area contributed by atoms with Gasteiger partial charge in [0.1, 0.15) is 5.75 Å². The topological polar surface area (TPSA) is 46.6 Å². The highest BCUT2D eigenvalue weighted by atomic mass is 16.5. The minimum atomic E-state index is 0.0224. The Labute approximate surface area is 138 Å². The first kappa shape index (κ1) is 17.5. The highest BCUT2D eigenvalue weighted by Gasteiger charge is 2.29. The zero-order valence-electron chi connectivity index (χ0n) is 14.4. The molecular weight excluding hydrogens is 290 g/mol. The third-order valence-corrected chi connectivity index (χ3v) is 4.89. The SMILES string of the molecule is CCC(CC)C(=O)N1CCC(C(=O)c2ccc(OC)cc2)CC1. The Balaban J connectivity index is 1.93. The number of methoxy groups -OCH3 is 1. The quantitative estimate of drug-likeness (QED) is 0.754. The molecule has 1 aromatic carbocycles. The summed E-state index contributed by atoms with van der Waals surface area (Å²) in [5, 5.41) is 0. The standard InChI is InChI=1S/C19H27NO3/c1-4-14(5-2)19(22)20-12-10-16(11-13-20)18(21)15-6-8-17(23-3)9-7-15/h6-9,14,16H,4-5,10-13H2,1-3H3. The molecular formula is C19H27NO3. The molecule has 0 radical (unpaired) electrons. The molecule has 1 amide bonds. The van der Waals surface area contributed by atoms with Crippen LogP contribution in [-0.4, -0.2) is 36.8 Å². The zero-order valence-corrected chi connectivity index (χ0v) is 14.4. The Bertz CT molecular complexity index is 526. The zero-order chi connectivity index (χ0) is 16.8. The van der Waals surface area contributed by atoms with Crippen molar-refractivity contribution in [3.05, 3.63) is 29.8 Å². The average Bonchev–Trinajstić information content (AvgIpc) is 2.62. The van der Waals surface area contributed by atoms with Crippen molar-refractivity contribution in [1.29, 1.82) is 0 Å². The maximum atomic E-state index is 12.6. The Morgan fingerprint density at radius 3 is 2.17 bits per heavy atom. The number of nitrogens with zero attached hydrogens (tertiary/aromatic N) is 1. The fourth-order valence-corrected chi connectivity index (χ4v) is 3.25. The van der Waals surface area contributed by atoms with Crippen LogP contribution in [0.15, 0.2) is 24.3 Å². The number of piperidine rings is 1. The van der Waals surface area contributed by atoms with Gasteiger partial charge in [-0.3, -0.25) is 9.59 Å². The smallest absolute Gasteiger partial charge is 0.225 e. The molecule has 1 aromatic rings. The van der Waals surface area contributed by atoms with E-state index in [4.69, 9.17) is 4.74 Å². The maximum absolute atomic E-state index is 12.6. The van der Waals surface area contributed by atoms with Crippen LogP contribution < -0.4 is 4.74 Å². The van der Waals surface area contributed by atoms with Crippen molar-refractivity contribution in [2.24, 2.45) is 11.8 Å². The summed E-state index contributed by atoms with van der Waals surface area (Å²) in [4.78, 5) is 26.9. The lowest BCUT2D eigenvalue weighted by atomic mass is 9.88. The predicted molar refractivity (Wildman–Crippen MR) is 90.7 cm³/mol. The van der Waals surface area contributed by atoms with Gasteiger partial charge in [-0.1, -0.05) is 13.8 Å². The van der Waals surface area contributed by atoms with E-state index in [1.807, 2.05) is 29.2 Å². The minimum Gasteiger partial charge on any atom is -0.497 e. The van der Waals surface area contributed by atoms with E-state index in [0.29, 0.717) is 13.1 Å². The van der Waals surface area contributed by atoms with Gasteiger partial charge in [0, 0.05) is 30.5 Å². The molecule has 23 heavy (non-hydrogen) atoms. The highest BCUT2D eigenvalue weighted by Crippen LogP contribution is 2.25. The Hall–Kier alpha value is -1.84. The second-order valence-electron chi connectivity index (χ2n) is 6.21. The van der Waals surface area contributed by atoms with Gasteiger partial charge in [-0.25, -0.2) is 0 Å². The number of benzene rings is 1. The second kappa shape index (κ2) is 8.14. The van der Waals surface area contributed by atoms with Gasteiger partial charge in [0.05, 0.1) is 7.11 Å². The van der Waals surface area contributed by atoms with E-state index in [-0.39, 0.29) is 23.5 Å². The lowest BCUT2D eigenvalue weighted by Crippen LogP contribution is -2.43. The van der Waals surface area contributed by atoms with Crippen molar-refractivity contribution in [3.63, 3.8) is 0 Å². The minimum absolute atomic E-state index is 0.0224. The van der Waals surface area contributed by atoms with Gasteiger partial charge in [0.25, 0.3) is 0 Å². The second-order valence-corrected chi connectivity index (χ2v) is 6.21. The number of hydrogen-bond acceptors (Lipinski definition) is 3. The fraction of sp³-hybridized carbons (Fsp3) is 0.579. The van der Waals surface area contributed by atoms with E-state index in [9.17, 15) is 9.59 Å². The van der Waals surface area contributed by atoms with Crippen molar-refractivity contribution in [1.82, 2.24) is 4.90 Å². The molecule has 0 unspecified atom stereocenters. The molecule has 1 aliphatic heterocycles. The number of carbonyl (C=O) groups is 2. The maximum Gasteiger partial charge on any atom is 0.225 e. The van der Waals surface area contributed by atoms with Gasteiger partial charge in [-0.05, 0) is 49.9 Å². The summed E-state index contributed by atoms with van der Waals surface area (Å²) in [5.41, 5.74) is 0.732. The molecule has 0 N–H and O–H groups in total. The number of ketones is 1. The third-order valence-electron chi connectivity index (χ3n) is 4.89. The van der Waals surface area contributed by atoms with Crippen molar-refractivity contribution in [2.75, 3.05) is 20.2 Å². The first-order valence-electron chi connectivity index (χ1n) is 8.57. The molecule has 1 fully saturated rings. The Kier molecular flexibility index (Phi) is 6.20. The van der Waals surface area contributed by atoms with Crippen molar-refractivity contribution in [3.8, 4) is 5.75 Å². The molecule has 0 spiro atoms. The monoisotopic (exact) mass is 317 g/mol. The molecule has 0 aliphatic carbocycles. The Morgan fingerprint density at radius 1 is 1.13 bits per heavy atom. The lowest BCUT2D eigenvalue weighted by Gasteiger charge is -2.33. The predicted octanol–water partition coefficient (Wildman–Crippen LogP) is 3.55. The van der Waals surface area contributed by atoms with Crippen LogP contribution in [0, 0.1) is 11.8 Å². The molecule has 0 bridgehead atoms. The van der Waals surface area contributed by atoms with E-state index in [2.05, 4.69) is 13.8 Å². The van der Waals surface area contributed by atoms with Crippen LogP contribution in [0.2, 0.25) is 0 Å². The molecule has 1 aliphatic rings. The number of ether oxygens (including phenoxy) is 1. The van der Waals surface area contributed by atoms with E-state index >= 15 is 0 Å². The number of Topliss-reactive ketones (excluding diaryl/α,β-unsaturated/α-hetero) is 1. The summed E-state index contributed by atoms with van der Waals surface area (Å²) in [7, 11) is 1.61. The molecule has 4 heteroatoms. The largest absolute Gasteiger partial charge is 0.497 e. The molecule has 1 saturated heterocycles. The fourth-order valence-electron chi connectivity index (χ4n) is 3.25.